The second-order valence-electron chi connectivity index (χ2n) is 7.30. The summed E-state index contributed by atoms with van der Waals surface area (Å²) in [6, 6.07) is 0.258. The van der Waals surface area contributed by atoms with Gasteiger partial charge in [-0.25, -0.2) is 0 Å². The van der Waals surface area contributed by atoms with Crippen molar-refractivity contribution >= 4 is 5.91 Å². The second kappa shape index (κ2) is 6.99. The van der Waals surface area contributed by atoms with Crippen LogP contribution < -0.4 is 0 Å². The Morgan fingerprint density at radius 1 is 1.30 bits per heavy atom. The van der Waals surface area contributed by atoms with Gasteiger partial charge in [-0.15, -0.1) is 0 Å². The van der Waals surface area contributed by atoms with E-state index < -0.39 is 0 Å². The molecule has 1 aromatic heterocycles. The van der Waals surface area contributed by atoms with Gasteiger partial charge in [0.1, 0.15) is 0 Å². The molecule has 1 amide bonds. The Labute approximate surface area is 138 Å². The molecule has 3 rings (SSSR count). The minimum Gasteiger partial charge on any atom is -0.339 e. The Morgan fingerprint density at radius 2 is 2.04 bits per heavy atom. The average Bonchev–Trinajstić information content (AvgIpc) is 3.18. The maximum absolute atomic E-state index is 12.6. The van der Waals surface area contributed by atoms with Gasteiger partial charge >= 0.3 is 0 Å². The maximum atomic E-state index is 12.6. The normalized spacial score (nSPS) is 23.8. The summed E-state index contributed by atoms with van der Waals surface area (Å²) in [7, 11) is 0. The van der Waals surface area contributed by atoms with E-state index >= 15 is 0 Å². The van der Waals surface area contributed by atoms with Gasteiger partial charge in [0.2, 0.25) is 11.8 Å². The molecule has 23 heavy (non-hydrogen) atoms. The summed E-state index contributed by atoms with van der Waals surface area (Å²) >= 11 is 0. The lowest BCUT2D eigenvalue weighted by Crippen LogP contribution is -2.54. The SMILES string of the molecule is CC(C)c1nc(CN2CCN(C(=O)C3CCCC3)[C@@H](C)C2)no1. The Hall–Kier alpha value is -1.43. The van der Waals surface area contributed by atoms with Crippen LogP contribution >= 0.6 is 0 Å². The Bertz CT molecular complexity index is 536. The Morgan fingerprint density at radius 3 is 2.65 bits per heavy atom. The van der Waals surface area contributed by atoms with Crippen LogP contribution in [0.2, 0.25) is 0 Å². The van der Waals surface area contributed by atoms with Gasteiger partial charge in [0.25, 0.3) is 0 Å². The summed E-state index contributed by atoms with van der Waals surface area (Å²) < 4.78 is 5.27. The van der Waals surface area contributed by atoms with Crippen molar-refractivity contribution in [2.75, 3.05) is 19.6 Å². The van der Waals surface area contributed by atoms with Crippen molar-refractivity contribution in [3.05, 3.63) is 11.7 Å². The fraction of sp³-hybridized carbons (Fsp3) is 0.824. The second-order valence-corrected chi connectivity index (χ2v) is 7.30. The van der Waals surface area contributed by atoms with Gasteiger partial charge in [-0.2, -0.15) is 4.98 Å². The molecule has 6 heteroatoms. The van der Waals surface area contributed by atoms with Gasteiger partial charge in [0, 0.05) is 37.5 Å². The monoisotopic (exact) mass is 320 g/mol. The first-order chi connectivity index (χ1) is 11.0. The fourth-order valence-corrected chi connectivity index (χ4v) is 3.68. The number of aromatic nitrogens is 2. The minimum atomic E-state index is 0.258. The molecule has 1 saturated heterocycles. The molecule has 2 heterocycles. The largest absolute Gasteiger partial charge is 0.339 e. The van der Waals surface area contributed by atoms with E-state index in [9.17, 15) is 4.79 Å². The van der Waals surface area contributed by atoms with Crippen molar-refractivity contribution < 1.29 is 9.32 Å². The van der Waals surface area contributed by atoms with Gasteiger partial charge in [-0.1, -0.05) is 31.8 Å². The molecule has 0 N–H and O–H groups in total. The molecule has 1 saturated carbocycles. The van der Waals surface area contributed by atoms with Crippen LogP contribution in [0.1, 0.15) is 64.1 Å². The first kappa shape index (κ1) is 16.4. The molecule has 0 radical (unpaired) electrons. The Kier molecular flexibility index (Phi) is 4.99. The average molecular weight is 320 g/mol. The number of piperazine rings is 1. The van der Waals surface area contributed by atoms with Crippen molar-refractivity contribution in [2.45, 2.75) is 65.0 Å². The number of nitrogens with zero attached hydrogens (tertiary/aromatic N) is 4. The molecule has 2 fully saturated rings. The van der Waals surface area contributed by atoms with E-state index in [-0.39, 0.29) is 17.9 Å². The van der Waals surface area contributed by atoms with Gasteiger partial charge in [0.05, 0.1) is 6.54 Å². The molecule has 1 aromatic rings. The molecule has 1 aliphatic carbocycles. The van der Waals surface area contributed by atoms with Crippen LogP contribution in [0, 0.1) is 5.92 Å². The summed E-state index contributed by atoms with van der Waals surface area (Å²) in [6.45, 7) is 9.52. The van der Waals surface area contributed by atoms with Gasteiger partial charge in [-0.3, -0.25) is 9.69 Å². The smallest absolute Gasteiger partial charge is 0.229 e. The van der Waals surface area contributed by atoms with E-state index in [1.165, 1.54) is 12.8 Å². The van der Waals surface area contributed by atoms with Gasteiger partial charge in [-0.05, 0) is 19.8 Å². The number of carbonyl (C=O) groups excluding carboxylic acids is 1. The van der Waals surface area contributed by atoms with Crippen molar-refractivity contribution in [1.82, 2.24) is 19.9 Å². The molecular formula is C17H28N4O2. The van der Waals surface area contributed by atoms with Crippen LogP contribution in [-0.2, 0) is 11.3 Å². The molecule has 1 atom stereocenters. The lowest BCUT2D eigenvalue weighted by molar-refractivity contribution is -0.140. The lowest BCUT2D eigenvalue weighted by Gasteiger charge is -2.40. The number of rotatable bonds is 4. The maximum Gasteiger partial charge on any atom is 0.229 e. The van der Waals surface area contributed by atoms with Crippen LogP contribution in [0.15, 0.2) is 4.52 Å². The van der Waals surface area contributed by atoms with Crippen LogP contribution in [0.5, 0.6) is 0 Å². The summed E-state index contributed by atoms with van der Waals surface area (Å²) in [4.78, 5) is 21.5. The highest BCUT2D eigenvalue weighted by Crippen LogP contribution is 2.28. The predicted octanol–water partition coefficient (Wildman–Crippen LogP) is 2.42. The first-order valence-electron chi connectivity index (χ1n) is 8.90. The number of carbonyl (C=O) groups is 1. The number of hydrogen-bond acceptors (Lipinski definition) is 5. The van der Waals surface area contributed by atoms with Crippen LogP contribution in [0.25, 0.3) is 0 Å². The topological polar surface area (TPSA) is 62.5 Å². The third-order valence-electron chi connectivity index (χ3n) is 5.04. The number of amides is 1. The highest BCUT2D eigenvalue weighted by Gasteiger charge is 2.33. The van der Waals surface area contributed by atoms with Gasteiger partial charge in [0.15, 0.2) is 5.82 Å². The van der Waals surface area contributed by atoms with E-state index in [2.05, 4.69) is 26.9 Å². The highest BCUT2D eigenvalue weighted by atomic mass is 16.5. The van der Waals surface area contributed by atoms with E-state index in [1.54, 1.807) is 0 Å². The Balaban J connectivity index is 1.54. The van der Waals surface area contributed by atoms with E-state index in [1.807, 2.05) is 13.8 Å². The zero-order valence-electron chi connectivity index (χ0n) is 14.5. The molecule has 0 bridgehead atoms. The fourth-order valence-electron chi connectivity index (χ4n) is 3.68. The van der Waals surface area contributed by atoms with Crippen molar-refractivity contribution in [1.29, 1.82) is 0 Å². The molecule has 0 aromatic carbocycles. The summed E-state index contributed by atoms with van der Waals surface area (Å²) in [5, 5.41) is 4.07. The van der Waals surface area contributed by atoms with Crippen LogP contribution in [-0.4, -0.2) is 51.5 Å². The molecule has 0 unspecified atom stereocenters. The molecular weight excluding hydrogens is 292 g/mol. The summed E-state index contributed by atoms with van der Waals surface area (Å²) in [6.07, 6.45) is 4.57. The molecule has 6 nitrogen and oxygen atoms in total. The minimum absolute atomic E-state index is 0.258. The third-order valence-corrected chi connectivity index (χ3v) is 5.04. The lowest BCUT2D eigenvalue weighted by atomic mass is 10.0. The quantitative estimate of drug-likeness (QED) is 0.852. The van der Waals surface area contributed by atoms with Crippen molar-refractivity contribution in [3.8, 4) is 0 Å². The van der Waals surface area contributed by atoms with Crippen LogP contribution in [0.4, 0.5) is 0 Å². The van der Waals surface area contributed by atoms with Crippen molar-refractivity contribution in [2.24, 2.45) is 5.92 Å². The molecule has 128 valence electrons. The van der Waals surface area contributed by atoms with Crippen LogP contribution in [0.3, 0.4) is 0 Å². The molecule has 0 spiro atoms. The van der Waals surface area contributed by atoms with Gasteiger partial charge < -0.3 is 9.42 Å². The third kappa shape index (κ3) is 3.74. The van der Waals surface area contributed by atoms with E-state index in [0.717, 1.165) is 38.3 Å². The zero-order chi connectivity index (χ0) is 16.4. The standard InChI is InChI=1S/C17H28N4O2/c1-12(2)16-18-15(19-23-16)11-20-8-9-21(13(3)10-20)17(22)14-6-4-5-7-14/h12-14H,4-11H2,1-3H3/t13-/m0/s1. The number of hydrogen-bond donors (Lipinski definition) is 0. The molecule has 1 aliphatic heterocycles. The summed E-state index contributed by atoms with van der Waals surface area (Å²) in [5.41, 5.74) is 0. The predicted molar refractivity (Wildman–Crippen MR) is 86.8 cm³/mol. The summed E-state index contributed by atoms with van der Waals surface area (Å²) in [5.74, 6) is 2.35. The molecule has 2 aliphatic rings. The highest BCUT2D eigenvalue weighted by molar-refractivity contribution is 5.79. The van der Waals surface area contributed by atoms with E-state index in [0.29, 0.717) is 18.3 Å². The van der Waals surface area contributed by atoms with Crippen molar-refractivity contribution in [3.63, 3.8) is 0 Å². The first-order valence-corrected chi connectivity index (χ1v) is 8.90. The zero-order valence-corrected chi connectivity index (χ0v) is 14.5. The van der Waals surface area contributed by atoms with E-state index in [4.69, 9.17) is 4.52 Å².